The lowest BCUT2D eigenvalue weighted by atomic mass is 10.3. The molecule has 0 N–H and O–H groups in total. The van der Waals surface area contributed by atoms with Gasteiger partial charge in [-0.2, -0.15) is 0 Å². The number of hydrogen-bond donors (Lipinski definition) is 0. The highest BCUT2D eigenvalue weighted by atomic mass is 79.9. The molecular weight excluding hydrogens is 323 g/mol. The number of rotatable bonds is 0. The largest absolute Gasteiger partial charge is 0.142 e. The number of benzene rings is 1. The van der Waals surface area contributed by atoms with Crippen LogP contribution in [0.15, 0.2) is 26.5 Å². The van der Waals surface area contributed by atoms with Crippen molar-refractivity contribution in [2.45, 2.75) is 0 Å². The molecule has 0 saturated carbocycles. The van der Waals surface area contributed by atoms with E-state index in [1.54, 1.807) is 11.3 Å². The van der Waals surface area contributed by atoms with Crippen LogP contribution in [0.2, 0.25) is 5.02 Å². The molecule has 0 atom stereocenters. The Morgan fingerprint density at radius 1 is 1.33 bits per heavy atom. The van der Waals surface area contributed by atoms with Crippen LogP contribution in [0.3, 0.4) is 0 Å². The predicted octanol–water partition coefficient (Wildman–Crippen LogP) is 5.08. The fourth-order valence-corrected chi connectivity index (χ4v) is 3.34. The van der Waals surface area contributed by atoms with Gasteiger partial charge in [0.1, 0.15) is 0 Å². The minimum Gasteiger partial charge on any atom is -0.142 e. The fraction of sp³-hybridized carbons (Fsp3) is 0. The van der Waals surface area contributed by atoms with Gasteiger partial charge in [-0.3, -0.25) is 0 Å². The van der Waals surface area contributed by atoms with Crippen LogP contribution in [0.4, 0.5) is 0 Å². The summed E-state index contributed by atoms with van der Waals surface area (Å²) < 4.78 is 3.20. The molecule has 0 nitrogen and oxygen atoms in total. The molecule has 0 unspecified atom stereocenters. The molecule has 2 rings (SSSR count). The first-order valence-electron chi connectivity index (χ1n) is 3.21. The van der Waals surface area contributed by atoms with E-state index >= 15 is 0 Å². The standard InChI is InChI=1S/C8H3Br2ClS/c9-5-3-6(11)8-4(7(5)10)1-2-12-8/h1-3H. The van der Waals surface area contributed by atoms with E-state index in [0.29, 0.717) is 0 Å². The minimum atomic E-state index is 0.801. The van der Waals surface area contributed by atoms with E-state index < -0.39 is 0 Å². The van der Waals surface area contributed by atoms with Gasteiger partial charge in [0, 0.05) is 14.3 Å². The normalized spacial score (nSPS) is 10.9. The number of thiophene rings is 1. The van der Waals surface area contributed by atoms with E-state index in [-0.39, 0.29) is 0 Å². The van der Waals surface area contributed by atoms with Crippen molar-refractivity contribution in [2.75, 3.05) is 0 Å². The lowest BCUT2D eigenvalue weighted by Crippen LogP contribution is -1.72. The first-order valence-corrected chi connectivity index (χ1v) is 6.05. The second-order valence-electron chi connectivity index (χ2n) is 2.32. The van der Waals surface area contributed by atoms with Gasteiger partial charge in [-0.05, 0) is 49.4 Å². The molecule has 0 fully saturated rings. The van der Waals surface area contributed by atoms with Crippen molar-refractivity contribution in [1.82, 2.24) is 0 Å². The Hall–Kier alpha value is 0.430. The Kier molecular flexibility index (Phi) is 2.47. The molecule has 0 spiro atoms. The molecule has 1 aromatic heterocycles. The zero-order chi connectivity index (χ0) is 8.72. The number of fused-ring (bicyclic) bond motifs is 1. The number of hydrogen-bond acceptors (Lipinski definition) is 1. The van der Waals surface area contributed by atoms with Gasteiger partial charge in [-0.25, -0.2) is 0 Å². The summed E-state index contributed by atoms with van der Waals surface area (Å²) in [6.07, 6.45) is 0. The third kappa shape index (κ3) is 1.33. The van der Waals surface area contributed by atoms with Crippen LogP contribution in [-0.2, 0) is 0 Å². The van der Waals surface area contributed by atoms with Crippen LogP contribution in [0.1, 0.15) is 0 Å². The molecule has 0 radical (unpaired) electrons. The summed E-state index contributed by atoms with van der Waals surface area (Å²) in [4.78, 5) is 0. The SMILES string of the molecule is Clc1cc(Br)c(Br)c2ccsc12. The molecule has 1 heterocycles. The van der Waals surface area contributed by atoms with Crippen LogP contribution >= 0.6 is 54.8 Å². The van der Waals surface area contributed by atoms with Crippen molar-refractivity contribution in [1.29, 1.82) is 0 Å². The lowest BCUT2D eigenvalue weighted by Gasteiger charge is -1.99. The van der Waals surface area contributed by atoms with Crippen molar-refractivity contribution >= 4 is 64.9 Å². The Bertz CT molecular complexity index is 436. The maximum absolute atomic E-state index is 6.04. The smallest absolute Gasteiger partial charge is 0.0596 e. The Labute approximate surface area is 95.8 Å². The molecule has 0 saturated heterocycles. The van der Waals surface area contributed by atoms with Crippen LogP contribution in [0.25, 0.3) is 10.1 Å². The van der Waals surface area contributed by atoms with Gasteiger partial charge >= 0.3 is 0 Å². The van der Waals surface area contributed by atoms with Crippen molar-refractivity contribution in [3.63, 3.8) is 0 Å². The molecule has 0 amide bonds. The zero-order valence-corrected chi connectivity index (χ0v) is 10.5. The third-order valence-electron chi connectivity index (χ3n) is 1.58. The summed E-state index contributed by atoms with van der Waals surface area (Å²) in [6, 6.07) is 3.96. The molecule has 4 heteroatoms. The van der Waals surface area contributed by atoms with Gasteiger partial charge in [-0.15, -0.1) is 11.3 Å². The van der Waals surface area contributed by atoms with E-state index in [1.807, 2.05) is 11.4 Å². The van der Waals surface area contributed by atoms with Crippen LogP contribution in [-0.4, -0.2) is 0 Å². The first-order chi connectivity index (χ1) is 5.70. The van der Waals surface area contributed by atoms with Gasteiger partial charge in [0.05, 0.1) is 9.72 Å². The number of halogens is 3. The third-order valence-corrected chi connectivity index (χ3v) is 4.95. The molecular formula is C8H3Br2ClS. The summed E-state index contributed by atoms with van der Waals surface area (Å²) in [6.45, 7) is 0. The first kappa shape index (κ1) is 9.00. The van der Waals surface area contributed by atoms with Crippen molar-refractivity contribution in [3.05, 3.63) is 31.5 Å². The van der Waals surface area contributed by atoms with Crippen molar-refractivity contribution in [2.24, 2.45) is 0 Å². The van der Waals surface area contributed by atoms with Crippen LogP contribution in [0.5, 0.6) is 0 Å². The average Bonchev–Trinajstić information content (AvgIpc) is 2.48. The van der Waals surface area contributed by atoms with E-state index in [9.17, 15) is 0 Å². The topological polar surface area (TPSA) is 0 Å². The molecule has 0 aliphatic heterocycles. The van der Waals surface area contributed by atoms with Crippen molar-refractivity contribution in [3.8, 4) is 0 Å². The Morgan fingerprint density at radius 3 is 2.83 bits per heavy atom. The summed E-state index contributed by atoms with van der Waals surface area (Å²) in [5.74, 6) is 0. The second kappa shape index (κ2) is 3.29. The van der Waals surface area contributed by atoms with Gasteiger partial charge in [-0.1, -0.05) is 11.6 Å². The Balaban J connectivity index is 2.97. The minimum absolute atomic E-state index is 0.801. The van der Waals surface area contributed by atoms with Crippen LogP contribution < -0.4 is 0 Å². The zero-order valence-electron chi connectivity index (χ0n) is 5.77. The summed E-state index contributed by atoms with van der Waals surface area (Å²) in [5.41, 5.74) is 0. The quantitative estimate of drug-likeness (QED) is 0.592. The van der Waals surface area contributed by atoms with Gasteiger partial charge in [0.15, 0.2) is 0 Å². The van der Waals surface area contributed by atoms with Crippen LogP contribution in [0, 0.1) is 0 Å². The molecule has 0 aliphatic carbocycles. The molecule has 1 aromatic carbocycles. The summed E-state index contributed by atoms with van der Waals surface area (Å²) in [7, 11) is 0. The highest BCUT2D eigenvalue weighted by Gasteiger charge is 2.07. The van der Waals surface area contributed by atoms with E-state index in [2.05, 4.69) is 37.9 Å². The monoisotopic (exact) mass is 324 g/mol. The van der Waals surface area contributed by atoms with Crippen molar-refractivity contribution < 1.29 is 0 Å². The maximum Gasteiger partial charge on any atom is 0.0596 e. The van der Waals surface area contributed by atoms with E-state index in [1.165, 1.54) is 5.39 Å². The van der Waals surface area contributed by atoms with E-state index in [4.69, 9.17) is 11.6 Å². The van der Waals surface area contributed by atoms with E-state index in [0.717, 1.165) is 18.7 Å². The van der Waals surface area contributed by atoms with Gasteiger partial charge in [0.2, 0.25) is 0 Å². The Morgan fingerprint density at radius 2 is 2.08 bits per heavy atom. The highest BCUT2D eigenvalue weighted by Crippen LogP contribution is 2.38. The molecule has 2 aromatic rings. The molecule has 62 valence electrons. The van der Waals surface area contributed by atoms with Gasteiger partial charge in [0.25, 0.3) is 0 Å². The van der Waals surface area contributed by atoms with Gasteiger partial charge < -0.3 is 0 Å². The average molecular weight is 326 g/mol. The lowest BCUT2D eigenvalue weighted by molar-refractivity contribution is 1.70. The maximum atomic E-state index is 6.04. The molecule has 0 aliphatic rings. The summed E-state index contributed by atoms with van der Waals surface area (Å²) in [5, 5.41) is 4.00. The molecule has 12 heavy (non-hydrogen) atoms. The second-order valence-corrected chi connectivity index (χ2v) is 5.29. The highest BCUT2D eigenvalue weighted by molar-refractivity contribution is 9.13. The predicted molar refractivity (Wildman–Crippen MR) is 62.2 cm³/mol. The summed E-state index contributed by atoms with van der Waals surface area (Å²) >= 11 is 14.6. The fourth-order valence-electron chi connectivity index (χ4n) is 1.04. The molecule has 0 bridgehead atoms.